The molecule has 0 heterocycles. The lowest BCUT2D eigenvalue weighted by molar-refractivity contribution is -0.131. The summed E-state index contributed by atoms with van der Waals surface area (Å²) in [5.41, 5.74) is 5.05. The van der Waals surface area contributed by atoms with E-state index in [-0.39, 0.29) is 24.2 Å². The first-order valence-electron chi connectivity index (χ1n) is 5.35. The van der Waals surface area contributed by atoms with Gasteiger partial charge in [0.05, 0.1) is 12.2 Å². The van der Waals surface area contributed by atoms with E-state index >= 15 is 0 Å². The van der Waals surface area contributed by atoms with Crippen LogP contribution in [0.2, 0.25) is 0 Å². The summed E-state index contributed by atoms with van der Waals surface area (Å²) < 4.78 is 10.8. The number of ether oxygens (including phenoxy) is 2. The lowest BCUT2D eigenvalue weighted by Crippen LogP contribution is -2.60. The van der Waals surface area contributed by atoms with Crippen LogP contribution in [0.1, 0.15) is 19.8 Å². The van der Waals surface area contributed by atoms with Gasteiger partial charge in [0, 0.05) is 32.7 Å². The van der Waals surface area contributed by atoms with Crippen molar-refractivity contribution in [2.24, 2.45) is 5.73 Å². The molecule has 88 valence electrons. The summed E-state index contributed by atoms with van der Waals surface area (Å²) >= 11 is 0. The van der Waals surface area contributed by atoms with Crippen LogP contribution in [0.4, 0.5) is 0 Å². The molecule has 0 saturated heterocycles. The maximum absolute atomic E-state index is 10.5. The number of amides is 1. The average Bonchev–Trinajstić information content (AvgIpc) is 2.15. The Hall–Kier alpha value is -0.650. The molecular weight excluding hydrogens is 196 g/mol. The van der Waals surface area contributed by atoms with E-state index in [1.54, 1.807) is 7.11 Å². The Kier molecular flexibility index (Phi) is 5.01. The first-order valence-corrected chi connectivity index (χ1v) is 5.35. The Morgan fingerprint density at radius 2 is 2.33 bits per heavy atom. The molecule has 1 fully saturated rings. The Balaban J connectivity index is 2.18. The van der Waals surface area contributed by atoms with Crippen molar-refractivity contribution < 1.29 is 14.3 Å². The van der Waals surface area contributed by atoms with Crippen LogP contribution in [0.15, 0.2) is 0 Å². The molecule has 1 saturated carbocycles. The molecular formula is C10H20N2O3. The molecule has 0 spiro atoms. The second kappa shape index (κ2) is 6.05. The summed E-state index contributed by atoms with van der Waals surface area (Å²) in [6.07, 6.45) is 1.58. The molecule has 5 nitrogen and oxygen atoms in total. The highest BCUT2D eigenvalue weighted by Crippen LogP contribution is 2.26. The number of primary amides is 1. The third kappa shape index (κ3) is 3.44. The largest absolute Gasteiger partial charge is 0.377 e. The zero-order chi connectivity index (χ0) is 11.3. The van der Waals surface area contributed by atoms with E-state index in [9.17, 15) is 4.79 Å². The van der Waals surface area contributed by atoms with Gasteiger partial charge in [0.1, 0.15) is 0 Å². The highest BCUT2D eigenvalue weighted by atomic mass is 16.5. The standard InChI is InChI=1S/C10H20N2O3/c1-3-15-8-6-7(10(8)14-2)12-5-4-9(11)13/h7-8,10,12H,3-6H2,1-2H3,(H2,11,13). The van der Waals surface area contributed by atoms with E-state index in [2.05, 4.69) is 5.32 Å². The molecule has 1 aliphatic rings. The summed E-state index contributed by atoms with van der Waals surface area (Å²) in [7, 11) is 1.68. The van der Waals surface area contributed by atoms with Crippen molar-refractivity contribution in [2.45, 2.75) is 38.0 Å². The van der Waals surface area contributed by atoms with Gasteiger partial charge in [-0.2, -0.15) is 0 Å². The van der Waals surface area contributed by atoms with Gasteiger partial charge in [0.2, 0.25) is 5.91 Å². The van der Waals surface area contributed by atoms with E-state index in [0.29, 0.717) is 19.6 Å². The molecule has 0 aromatic rings. The summed E-state index contributed by atoms with van der Waals surface area (Å²) in [5, 5.41) is 3.23. The van der Waals surface area contributed by atoms with Crippen LogP contribution in [0.5, 0.6) is 0 Å². The zero-order valence-corrected chi connectivity index (χ0v) is 9.36. The first-order chi connectivity index (χ1) is 7.19. The van der Waals surface area contributed by atoms with Crippen LogP contribution in [-0.2, 0) is 14.3 Å². The lowest BCUT2D eigenvalue weighted by Gasteiger charge is -2.43. The van der Waals surface area contributed by atoms with Crippen molar-refractivity contribution in [1.82, 2.24) is 5.32 Å². The number of nitrogens with two attached hydrogens (primary N) is 1. The van der Waals surface area contributed by atoms with Gasteiger partial charge in [-0.05, 0) is 13.3 Å². The van der Waals surface area contributed by atoms with Gasteiger partial charge in [-0.15, -0.1) is 0 Å². The Labute approximate surface area is 90.3 Å². The van der Waals surface area contributed by atoms with Crippen molar-refractivity contribution in [2.75, 3.05) is 20.3 Å². The highest BCUT2D eigenvalue weighted by molar-refractivity contribution is 5.73. The highest BCUT2D eigenvalue weighted by Gasteiger charge is 2.41. The van der Waals surface area contributed by atoms with Gasteiger partial charge < -0.3 is 20.5 Å². The van der Waals surface area contributed by atoms with Crippen molar-refractivity contribution in [3.05, 3.63) is 0 Å². The fourth-order valence-electron chi connectivity index (χ4n) is 1.86. The summed E-state index contributed by atoms with van der Waals surface area (Å²) in [6, 6.07) is 0.283. The number of carbonyl (C=O) groups is 1. The third-order valence-corrected chi connectivity index (χ3v) is 2.68. The minimum absolute atomic E-state index is 0.0952. The van der Waals surface area contributed by atoms with Gasteiger partial charge in [-0.3, -0.25) is 4.79 Å². The van der Waals surface area contributed by atoms with Crippen LogP contribution in [0, 0.1) is 0 Å². The van der Waals surface area contributed by atoms with Crippen molar-refractivity contribution in [3.63, 3.8) is 0 Å². The van der Waals surface area contributed by atoms with Gasteiger partial charge in [-0.1, -0.05) is 0 Å². The minimum atomic E-state index is -0.280. The molecule has 1 rings (SSSR count). The first kappa shape index (κ1) is 12.4. The number of hydrogen-bond acceptors (Lipinski definition) is 4. The number of rotatable bonds is 7. The van der Waals surface area contributed by atoms with Gasteiger partial charge in [0.15, 0.2) is 0 Å². The molecule has 0 aliphatic heterocycles. The number of nitrogens with one attached hydrogen (secondary N) is 1. The maximum Gasteiger partial charge on any atom is 0.218 e. The van der Waals surface area contributed by atoms with Gasteiger partial charge >= 0.3 is 0 Å². The van der Waals surface area contributed by atoms with Crippen molar-refractivity contribution in [3.8, 4) is 0 Å². The lowest BCUT2D eigenvalue weighted by atomic mass is 9.85. The van der Waals surface area contributed by atoms with E-state index in [1.807, 2.05) is 6.92 Å². The van der Waals surface area contributed by atoms with Crippen molar-refractivity contribution >= 4 is 5.91 Å². The van der Waals surface area contributed by atoms with Gasteiger partial charge in [0.25, 0.3) is 0 Å². The molecule has 3 unspecified atom stereocenters. The zero-order valence-electron chi connectivity index (χ0n) is 9.36. The maximum atomic E-state index is 10.5. The minimum Gasteiger partial charge on any atom is -0.377 e. The molecule has 1 amide bonds. The molecule has 3 N–H and O–H groups in total. The molecule has 15 heavy (non-hydrogen) atoms. The molecule has 0 aromatic carbocycles. The predicted octanol–water partition coefficient (Wildman–Crippen LogP) is -0.356. The van der Waals surface area contributed by atoms with Gasteiger partial charge in [-0.25, -0.2) is 0 Å². The SMILES string of the molecule is CCOC1CC(NCCC(N)=O)C1OC. The smallest absolute Gasteiger partial charge is 0.218 e. The van der Waals surface area contributed by atoms with Crippen molar-refractivity contribution in [1.29, 1.82) is 0 Å². The van der Waals surface area contributed by atoms with E-state index in [1.165, 1.54) is 0 Å². The normalized spacial score (nSPS) is 29.9. The van der Waals surface area contributed by atoms with Crippen LogP contribution < -0.4 is 11.1 Å². The molecule has 0 radical (unpaired) electrons. The van der Waals surface area contributed by atoms with Crippen LogP contribution >= 0.6 is 0 Å². The molecule has 1 aliphatic carbocycles. The van der Waals surface area contributed by atoms with E-state index in [4.69, 9.17) is 15.2 Å². The van der Waals surface area contributed by atoms with Crippen LogP contribution in [-0.4, -0.2) is 44.4 Å². The Morgan fingerprint density at radius 1 is 1.60 bits per heavy atom. The molecule has 0 aromatic heterocycles. The quantitative estimate of drug-likeness (QED) is 0.609. The number of hydrogen-bond donors (Lipinski definition) is 2. The van der Waals surface area contributed by atoms with E-state index in [0.717, 1.165) is 6.42 Å². The summed E-state index contributed by atoms with van der Waals surface area (Å²) in [6.45, 7) is 3.29. The fraction of sp³-hybridized carbons (Fsp3) is 0.900. The topological polar surface area (TPSA) is 73.6 Å². The predicted molar refractivity (Wildman–Crippen MR) is 56.4 cm³/mol. The summed E-state index contributed by atoms with van der Waals surface area (Å²) in [5.74, 6) is -0.280. The second-order valence-corrected chi connectivity index (χ2v) is 3.71. The van der Waals surface area contributed by atoms with Crippen LogP contribution in [0.3, 0.4) is 0 Å². The molecule has 3 atom stereocenters. The number of carbonyl (C=O) groups excluding carboxylic acids is 1. The molecule has 5 heteroatoms. The molecule has 0 bridgehead atoms. The van der Waals surface area contributed by atoms with Crippen LogP contribution in [0.25, 0.3) is 0 Å². The monoisotopic (exact) mass is 216 g/mol. The Morgan fingerprint density at radius 3 is 2.87 bits per heavy atom. The fourth-order valence-corrected chi connectivity index (χ4v) is 1.86. The Bertz CT molecular complexity index is 211. The summed E-state index contributed by atoms with van der Waals surface area (Å²) in [4.78, 5) is 10.5. The number of methoxy groups -OCH3 is 1. The average molecular weight is 216 g/mol. The second-order valence-electron chi connectivity index (χ2n) is 3.71. The third-order valence-electron chi connectivity index (χ3n) is 2.68. The van der Waals surface area contributed by atoms with E-state index < -0.39 is 0 Å².